The highest BCUT2D eigenvalue weighted by Crippen LogP contribution is 2.29. The van der Waals surface area contributed by atoms with Crippen LogP contribution in [0.2, 0.25) is 0 Å². The molecule has 1 aliphatic carbocycles. The summed E-state index contributed by atoms with van der Waals surface area (Å²) in [6, 6.07) is 0.825. The Morgan fingerprint density at radius 2 is 1.75 bits per heavy atom. The van der Waals surface area contributed by atoms with Crippen LogP contribution in [0.15, 0.2) is 24.3 Å². The van der Waals surface area contributed by atoms with Crippen molar-refractivity contribution in [2.75, 3.05) is 13.1 Å². The first-order valence-corrected chi connectivity index (χ1v) is 10.8. The molecule has 0 N–H and O–H groups in total. The maximum atomic E-state index is 3.93. The molecule has 0 aromatic rings. The Morgan fingerprint density at radius 1 is 0.958 bits per heavy atom. The molecule has 0 amide bonds. The van der Waals surface area contributed by atoms with Crippen LogP contribution in [0.5, 0.6) is 0 Å². The third-order valence-corrected chi connectivity index (χ3v) is 6.34. The van der Waals surface area contributed by atoms with Crippen LogP contribution in [0.3, 0.4) is 0 Å². The van der Waals surface area contributed by atoms with Crippen molar-refractivity contribution in [3.05, 3.63) is 24.3 Å². The van der Waals surface area contributed by atoms with E-state index in [4.69, 9.17) is 0 Å². The second-order valence-corrected chi connectivity index (χ2v) is 8.29. The molecule has 1 nitrogen and oxygen atoms in total. The molecular weight excluding hydrogens is 290 g/mol. The van der Waals surface area contributed by atoms with Crippen molar-refractivity contribution in [1.82, 2.24) is 4.90 Å². The van der Waals surface area contributed by atoms with Gasteiger partial charge in [0.05, 0.1) is 0 Å². The zero-order chi connectivity index (χ0) is 17.0. The van der Waals surface area contributed by atoms with Crippen molar-refractivity contribution in [2.45, 2.75) is 103 Å². The predicted octanol–water partition coefficient (Wildman–Crippen LogP) is 6.89. The van der Waals surface area contributed by atoms with E-state index in [0.29, 0.717) is 0 Å². The maximum Gasteiger partial charge on any atom is 0.00669 e. The SMILES string of the molecule is C=C/C=C(/CCCCCN1CCCCC1C)CCC1CCCCC1. The smallest absolute Gasteiger partial charge is 0.00669 e. The summed E-state index contributed by atoms with van der Waals surface area (Å²) in [5, 5.41) is 0. The van der Waals surface area contributed by atoms with E-state index in [1.807, 2.05) is 6.08 Å². The molecule has 2 rings (SSSR count). The van der Waals surface area contributed by atoms with Crippen LogP contribution in [0.1, 0.15) is 96.8 Å². The number of unbranched alkanes of at least 4 members (excludes halogenated alkanes) is 2. The monoisotopic (exact) mass is 331 g/mol. The van der Waals surface area contributed by atoms with E-state index in [2.05, 4.69) is 24.5 Å². The predicted molar refractivity (Wildman–Crippen MR) is 107 cm³/mol. The highest BCUT2D eigenvalue weighted by Gasteiger charge is 2.17. The molecule has 1 atom stereocenters. The topological polar surface area (TPSA) is 3.24 Å². The number of hydrogen-bond acceptors (Lipinski definition) is 1. The van der Waals surface area contributed by atoms with Gasteiger partial charge in [0.25, 0.3) is 0 Å². The highest BCUT2D eigenvalue weighted by molar-refractivity contribution is 5.10. The second kappa shape index (κ2) is 11.9. The molecule has 138 valence electrons. The Hall–Kier alpha value is -0.560. The van der Waals surface area contributed by atoms with Crippen molar-refractivity contribution < 1.29 is 0 Å². The summed E-state index contributed by atoms with van der Waals surface area (Å²) in [6.45, 7) is 9.00. The summed E-state index contributed by atoms with van der Waals surface area (Å²) in [5.74, 6) is 1.01. The van der Waals surface area contributed by atoms with Gasteiger partial charge in [0.1, 0.15) is 0 Å². The largest absolute Gasteiger partial charge is 0.301 e. The van der Waals surface area contributed by atoms with Crippen LogP contribution >= 0.6 is 0 Å². The summed E-state index contributed by atoms with van der Waals surface area (Å²) >= 11 is 0. The number of allylic oxidation sites excluding steroid dienone is 3. The number of rotatable bonds is 10. The zero-order valence-corrected chi connectivity index (χ0v) is 16.3. The molecule has 1 heteroatoms. The van der Waals surface area contributed by atoms with Gasteiger partial charge in [-0.25, -0.2) is 0 Å². The van der Waals surface area contributed by atoms with Crippen molar-refractivity contribution >= 4 is 0 Å². The normalized spacial score (nSPS) is 24.2. The summed E-state index contributed by atoms with van der Waals surface area (Å²) < 4.78 is 0. The number of hydrogen-bond donors (Lipinski definition) is 0. The molecule has 1 aliphatic heterocycles. The van der Waals surface area contributed by atoms with Crippen LogP contribution in [0.25, 0.3) is 0 Å². The lowest BCUT2D eigenvalue weighted by atomic mass is 9.84. The molecule has 0 aromatic carbocycles. The average Bonchev–Trinajstić information content (AvgIpc) is 2.61. The third-order valence-electron chi connectivity index (χ3n) is 6.34. The quantitative estimate of drug-likeness (QED) is 0.311. The van der Waals surface area contributed by atoms with Crippen LogP contribution in [-0.4, -0.2) is 24.0 Å². The minimum atomic E-state index is 0.825. The van der Waals surface area contributed by atoms with E-state index in [0.717, 1.165) is 12.0 Å². The Morgan fingerprint density at radius 3 is 2.50 bits per heavy atom. The van der Waals surface area contributed by atoms with E-state index in [1.165, 1.54) is 103 Å². The first-order valence-electron chi connectivity index (χ1n) is 10.8. The van der Waals surface area contributed by atoms with Gasteiger partial charge in [0.2, 0.25) is 0 Å². The first kappa shape index (κ1) is 19.8. The molecule has 0 radical (unpaired) electrons. The van der Waals surface area contributed by atoms with E-state index >= 15 is 0 Å². The number of nitrogens with zero attached hydrogens (tertiary/aromatic N) is 1. The molecular formula is C23H41N. The first-order chi connectivity index (χ1) is 11.8. The van der Waals surface area contributed by atoms with Gasteiger partial charge in [-0.05, 0) is 70.9 Å². The Kier molecular flexibility index (Phi) is 9.80. The minimum absolute atomic E-state index is 0.825. The van der Waals surface area contributed by atoms with Crippen molar-refractivity contribution in [3.8, 4) is 0 Å². The van der Waals surface area contributed by atoms with Gasteiger partial charge in [-0.3, -0.25) is 0 Å². The van der Waals surface area contributed by atoms with Gasteiger partial charge in [-0.15, -0.1) is 0 Å². The summed E-state index contributed by atoms with van der Waals surface area (Å²) in [6.07, 6.45) is 24.1. The standard InChI is InChI=1S/C23H41N/c1-3-12-22(17-18-23-15-6-4-7-16-23)14-8-5-10-19-24-20-11-9-13-21(24)2/h3,12,21,23H,1,4-11,13-20H2,2H3/b22-12-. The lowest BCUT2D eigenvalue weighted by molar-refractivity contribution is 0.158. The van der Waals surface area contributed by atoms with Crippen LogP contribution in [-0.2, 0) is 0 Å². The summed E-state index contributed by atoms with van der Waals surface area (Å²) in [7, 11) is 0. The molecule has 2 fully saturated rings. The molecule has 24 heavy (non-hydrogen) atoms. The molecule has 1 heterocycles. The fourth-order valence-corrected chi connectivity index (χ4v) is 4.66. The van der Waals surface area contributed by atoms with Crippen LogP contribution in [0, 0.1) is 5.92 Å². The highest BCUT2D eigenvalue weighted by atomic mass is 15.1. The Balaban J connectivity index is 1.57. The van der Waals surface area contributed by atoms with Gasteiger partial charge in [0.15, 0.2) is 0 Å². The Bertz CT molecular complexity index is 364. The van der Waals surface area contributed by atoms with Crippen LogP contribution in [0.4, 0.5) is 0 Å². The summed E-state index contributed by atoms with van der Waals surface area (Å²) in [4.78, 5) is 2.72. The van der Waals surface area contributed by atoms with Gasteiger partial charge in [-0.2, -0.15) is 0 Å². The zero-order valence-electron chi connectivity index (χ0n) is 16.3. The average molecular weight is 332 g/mol. The van der Waals surface area contributed by atoms with E-state index < -0.39 is 0 Å². The van der Waals surface area contributed by atoms with Crippen molar-refractivity contribution in [1.29, 1.82) is 0 Å². The molecule has 1 saturated heterocycles. The van der Waals surface area contributed by atoms with Crippen molar-refractivity contribution in [3.63, 3.8) is 0 Å². The number of piperidine rings is 1. The maximum absolute atomic E-state index is 3.93. The molecule has 0 bridgehead atoms. The van der Waals surface area contributed by atoms with Gasteiger partial charge in [-0.1, -0.05) is 69.2 Å². The fourth-order valence-electron chi connectivity index (χ4n) is 4.66. The fraction of sp³-hybridized carbons (Fsp3) is 0.826. The lowest BCUT2D eigenvalue weighted by Gasteiger charge is -2.33. The van der Waals surface area contributed by atoms with Gasteiger partial charge in [0, 0.05) is 6.04 Å². The minimum Gasteiger partial charge on any atom is -0.301 e. The summed E-state index contributed by atoms with van der Waals surface area (Å²) in [5.41, 5.74) is 1.65. The van der Waals surface area contributed by atoms with Crippen LogP contribution < -0.4 is 0 Å². The van der Waals surface area contributed by atoms with Gasteiger partial charge < -0.3 is 4.90 Å². The third kappa shape index (κ3) is 7.55. The molecule has 1 saturated carbocycles. The molecule has 2 aliphatic rings. The van der Waals surface area contributed by atoms with E-state index in [-0.39, 0.29) is 0 Å². The molecule has 0 aromatic heterocycles. The molecule has 1 unspecified atom stereocenters. The lowest BCUT2D eigenvalue weighted by Crippen LogP contribution is -2.37. The Labute approximate surface area is 151 Å². The van der Waals surface area contributed by atoms with E-state index in [1.54, 1.807) is 5.57 Å². The number of likely N-dealkylation sites (tertiary alicyclic amines) is 1. The van der Waals surface area contributed by atoms with E-state index in [9.17, 15) is 0 Å². The van der Waals surface area contributed by atoms with Gasteiger partial charge >= 0.3 is 0 Å². The second-order valence-electron chi connectivity index (χ2n) is 8.29. The molecule has 0 spiro atoms. The van der Waals surface area contributed by atoms with Crippen molar-refractivity contribution in [2.24, 2.45) is 5.92 Å².